The Morgan fingerprint density at radius 3 is 2.84 bits per heavy atom. The Labute approximate surface area is 155 Å². The molecule has 1 aromatic carbocycles. The zero-order valence-corrected chi connectivity index (χ0v) is 16.0. The van der Waals surface area contributed by atoms with Crippen molar-refractivity contribution in [3.05, 3.63) is 47.3 Å². The lowest BCUT2D eigenvalue weighted by Crippen LogP contribution is -2.23. The van der Waals surface area contributed by atoms with Gasteiger partial charge in [-0.25, -0.2) is 0 Å². The van der Waals surface area contributed by atoms with E-state index >= 15 is 0 Å². The Kier molecular flexibility index (Phi) is 5.55. The first-order valence-corrected chi connectivity index (χ1v) is 9.85. The predicted octanol–water partition coefficient (Wildman–Crippen LogP) is 4.45. The fourth-order valence-corrected chi connectivity index (χ4v) is 4.06. The number of amides is 1. The number of thiophene rings is 1. The van der Waals surface area contributed by atoms with Gasteiger partial charge in [-0.05, 0) is 49.9 Å². The highest BCUT2D eigenvalue weighted by molar-refractivity contribution is 8.00. The maximum Gasteiger partial charge on any atom is 0.237 e. The van der Waals surface area contributed by atoms with Crippen molar-refractivity contribution in [3.8, 4) is 10.7 Å². The normalized spacial score (nSPS) is 12.1. The molecule has 5 nitrogen and oxygen atoms in total. The molecular weight excluding hydrogens is 352 g/mol. The smallest absolute Gasteiger partial charge is 0.237 e. The number of carbonyl (C=O) groups is 1. The van der Waals surface area contributed by atoms with Gasteiger partial charge in [0.25, 0.3) is 0 Å². The van der Waals surface area contributed by atoms with E-state index in [0.29, 0.717) is 0 Å². The first-order chi connectivity index (χ1) is 12.1. The maximum absolute atomic E-state index is 12.5. The molecule has 0 radical (unpaired) electrons. The lowest BCUT2D eigenvalue weighted by molar-refractivity contribution is -0.115. The molecule has 7 heteroatoms. The Bertz CT molecular complexity index is 858. The molecule has 2 aromatic heterocycles. The number of hydrogen-bond donors (Lipinski definition) is 1. The number of benzene rings is 1. The lowest BCUT2D eigenvalue weighted by atomic mass is 10.2. The molecule has 3 aromatic rings. The van der Waals surface area contributed by atoms with Crippen molar-refractivity contribution in [2.45, 2.75) is 37.7 Å². The van der Waals surface area contributed by atoms with Crippen LogP contribution in [0, 0.1) is 6.92 Å². The van der Waals surface area contributed by atoms with Gasteiger partial charge in [-0.1, -0.05) is 30.0 Å². The number of thioether (sulfide) groups is 1. The molecule has 25 heavy (non-hydrogen) atoms. The molecule has 1 N–H and O–H groups in total. The summed E-state index contributed by atoms with van der Waals surface area (Å²) in [5, 5.41) is 14.1. The average Bonchev–Trinajstić information content (AvgIpc) is 3.23. The number of carbonyl (C=O) groups excluding carboxylic acids is 1. The molecule has 3 rings (SSSR count). The van der Waals surface area contributed by atoms with Gasteiger partial charge in [0, 0.05) is 12.2 Å². The third-order valence-electron chi connectivity index (χ3n) is 3.71. The van der Waals surface area contributed by atoms with Crippen LogP contribution in [0.25, 0.3) is 10.7 Å². The average molecular weight is 373 g/mol. The first-order valence-electron chi connectivity index (χ1n) is 8.09. The van der Waals surface area contributed by atoms with Crippen LogP contribution in [0.4, 0.5) is 5.69 Å². The van der Waals surface area contributed by atoms with E-state index < -0.39 is 0 Å². The third-order valence-corrected chi connectivity index (χ3v) is 5.66. The number of nitrogens with zero attached hydrogens (tertiary/aromatic N) is 3. The molecule has 0 bridgehead atoms. The molecule has 0 saturated carbocycles. The van der Waals surface area contributed by atoms with Crippen LogP contribution in [0.2, 0.25) is 0 Å². The molecule has 1 amide bonds. The summed E-state index contributed by atoms with van der Waals surface area (Å²) in [6.07, 6.45) is 0. The van der Waals surface area contributed by atoms with Gasteiger partial charge >= 0.3 is 0 Å². The molecule has 0 aliphatic rings. The monoisotopic (exact) mass is 372 g/mol. The standard InChI is InChI=1S/C18H20N4OS2/c1-4-22-16(15-9-6-10-24-15)20-21-18(22)25-13(3)17(23)19-14-8-5-7-12(2)11-14/h5-11,13H,4H2,1-3H3,(H,19,23). The van der Waals surface area contributed by atoms with E-state index in [9.17, 15) is 4.79 Å². The van der Waals surface area contributed by atoms with Gasteiger partial charge in [-0.3, -0.25) is 4.79 Å². The summed E-state index contributed by atoms with van der Waals surface area (Å²) in [6, 6.07) is 11.8. The highest BCUT2D eigenvalue weighted by Crippen LogP contribution is 2.29. The molecule has 130 valence electrons. The van der Waals surface area contributed by atoms with Crippen molar-refractivity contribution in [1.29, 1.82) is 0 Å². The minimum Gasteiger partial charge on any atom is -0.325 e. The van der Waals surface area contributed by atoms with E-state index in [1.807, 2.05) is 60.2 Å². The highest BCUT2D eigenvalue weighted by atomic mass is 32.2. The van der Waals surface area contributed by atoms with Gasteiger partial charge in [-0.15, -0.1) is 21.5 Å². The van der Waals surface area contributed by atoms with Crippen LogP contribution in [0.1, 0.15) is 19.4 Å². The predicted molar refractivity (Wildman–Crippen MR) is 104 cm³/mol. The van der Waals surface area contributed by atoms with E-state index in [2.05, 4.69) is 22.4 Å². The minimum atomic E-state index is -0.272. The van der Waals surface area contributed by atoms with Crippen molar-refractivity contribution in [2.75, 3.05) is 5.32 Å². The van der Waals surface area contributed by atoms with E-state index in [4.69, 9.17) is 0 Å². The fraction of sp³-hybridized carbons (Fsp3) is 0.278. The number of hydrogen-bond acceptors (Lipinski definition) is 5. The second-order valence-electron chi connectivity index (χ2n) is 5.65. The van der Waals surface area contributed by atoms with Gasteiger partial charge < -0.3 is 9.88 Å². The Morgan fingerprint density at radius 1 is 1.32 bits per heavy atom. The molecular formula is C18H20N4OS2. The van der Waals surface area contributed by atoms with Crippen molar-refractivity contribution in [2.24, 2.45) is 0 Å². The summed E-state index contributed by atoms with van der Waals surface area (Å²) < 4.78 is 2.05. The summed E-state index contributed by atoms with van der Waals surface area (Å²) in [5.74, 6) is 0.810. The van der Waals surface area contributed by atoms with Crippen molar-refractivity contribution < 1.29 is 4.79 Å². The second-order valence-corrected chi connectivity index (χ2v) is 7.90. The number of aromatic nitrogens is 3. The largest absolute Gasteiger partial charge is 0.325 e. The summed E-state index contributed by atoms with van der Waals surface area (Å²) >= 11 is 3.06. The van der Waals surface area contributed by atoms with Crippen LogP contribution in [-0.4, -0.2) is 25.9 Å². The SMILES string of the molecule is CCn1c(SC(C)C(=O)Nc2cccc(C)c2)nnc1-c1cccs1. The van der Waals surface area contributed by atoms with E-state index in [0.717, 1.165) is 33.7 Å². The van der Waals surface area contributed by atoms with Crippen LogP contribution in [0.3, 0.4) is 0 Å². The molecule has 1 unspecified atom stereocenters. The fourth-order valence-electron chi connectivity index (χ4n) is 2.43. The van der Waals surface area contributed by atoms with Crippen molar-refractivity contribution in [1.82, 2.24) is 14.8 Å². The quantitative estimate of drug-likeness (QED) is 0.649. The highest BCUT2D eigenvalue weighted by Gasteiger charge is 2.20. The Hall–Kier alpha value is -2.12. The number of aryl methyl sites for hydroxylation is 1. The summed E-state index contributed by atoms with van der Waals surface area (Å²) in [6.45, 7) is 6.70. The zero-order valence-electron chi connectivity index (χ0n) is 14.4. The molecule has 0 saturated heterocycles. The topological polar surface area (TPSA) is 59.8 Å². The summed E-state index contributed by atoms with van der Waals surface area (Å²) in [7, 11) is 0. The van der Waals surface area contributed by atoms with Gasteiger partial charge in [0.1, 0.15) is 0 Å². The number of nitrogens with one attached hydrogen (secondary N) is 1. The maximum atomic E-state index is 12.5. The van der Waals surface area contributed by atoms with Gasteiger partial charge in [0.15, 0.2) is 11.0 Å². The van der Waals surface area contributed by atoms with Crippen LogP contribution in [-0.2, 0) is 11.3 Å². The van der Waals surface area contributed by atoms with Crippen LogP contribution >= 0.6 is 23.1 Å². The third kappa shape index (κ3) is 4.11. The zero-order chi connectivity index (χ0) is 17.8. The van der Waals surface area contributed by atoms with Gasteiger partial charge in [0.2, 0.25) is 5.91 Å². The molecule has 1 atom stereocenters. The minimum absolute atomic E-state index is 0.0427. The van der Waals surface area contributed by atoms with E-state index in [1.54, 1.807) is 11.3 Å². The van der Waals surface area contributed by atoms with Gasteiger partial charge in [0.05, 0.1) is 10.1 Å². The molecule has 0 aliphatic carbocycles. The van der Waals surface area contributed by atoms with Crippen LogP contribution in [0.5, 0.6) is 0 Å². The van der Waals surface area contributed by atoms with Crippen molar-refractivity contribution in [3.63, 3.8) is 0 Å². The molecule has 0 fully saturated rings. The van der Waals surface area contributed by atoms with E-state index in [-0.39, 0.29) is 11.2 Å². The summed E-state index contributed by atoms with van der Waals surface area (Å²) in [4.78, 5) is 13.6. The summed E-state index contributed by atoms with van der Waals surface area (Å²) in [5.41, 5.74) is 1.93. The van der Waals surface area contributed by atoms with Crippen LogP contribution in [0.15, 0.2) is 46.9 Å². The van der Waals surface area contributed by atoms with Crippen LogP contribution < -0.4 is 5.32 Å². The number of anilines is 1. The Morgan fingerprint density at radius 2 is 2.16 bits per heavy atom. The van der Waals surface area contributed by atoms with Crippen molar-refractivity contribution >= 4 is 34.7 Å². The molecule has 0 spiro atoms. The number of rotatable bonds is 6. The molecule has 0 aliphatic heterocycles. The Balaban J connectivity index is 1.72. The lowest BCUT2D eigenvalue weighted by Gasteiger charge is -2.13. The first kappa shape index (κ1) is 17.7. The van der Waals surface area contributed by atoms with E-state index in [1.165, 1.54) is 11.8 Å². The van der Waals surface area contributed by atoms with Gasteiger partial charge in [-0.2, -0.15) is 0 Å². The molecule has 2 heterocycles. The second kappa shape index (κ2) is 7.84.